The van der Waals surface area contributed by atoms with E-state index in [1.165, 1.54) is 17.1 Å². The molecule has 0 N–H and O–H groups in total. The van der Waals surface area contributed by atoms with Gasteiger partial charge in [-0.15, -0.1) is 0 Å². The Bertz CT molecular complexity index is 1210. The number of alkyl halides is 3. The van der Waals surface area contributed by atoms with Crippen LogP contribution in [0.2, 0.25) is 0 Å². The molecule has 4 rings (SSSR count). The first kappa shape index (κ1) is 20.2. The van der Waals surface area contributed by atoms with Crippen molar-refractivity contribution >= 4 is 22.1 Å². The lowest BCUT2D eigenvalue weighted by molar-refractivity contribution is -0.137. The molecular formula is C19H17F3N5O2S+. The Balaban J connectivity index is 1.89. The van der Waals surface area contributed by atoms with Gasteiger partial charge in [-0.2, -0.15) is 26.7 Å². The lowest BCUT2D eigenvalue weighted by Crippen LogP contribution is -2.49. The number of hydrogen-bond acceptors (Lipinski definition) is 5. The van der Waals surface area contributed by atoms with Crippen molar-refractivity contribution in [2.24, 2.45) is 12.1 Å². The number of halogens is 3. The minimum atomic E-state index is -4.65. The fourth-order valence-corrected chi connectivity index (χ4v) is 5.07. The van der Waals surface area contributed by atoms with Gasteiger partial charge in [0.2, 0.25) is 0 Å². The summed E-state index contributed by atoms with van der Waals surface area (Å²) in [5.41, 5.74) is -0.195. The molecule has 3 heterocycles. The number of quaternary nitrogens is 1. The molecule has 0 amide bonds. The molecule has 1 aliphatic heterocycles. The Morgan fingerprint density at radius 2 is 1.90 bits per heavy atom. The second-order valence-electron chi connectivity index (χ2n) is 6.89. The summed E-state index contributed by atoms with van der Waals surface area (Å²) < 4.78 is 67.3. The van der Waals surface area contributed by atoms with Crippen LogP contribution in [0.15, 0.2) is 71.1 Å². The van der Waals surface area contributed by atoms with Crippen LogP contribution in [0.4, 0.5) is 19.0 Å². The highest BCUT2D eigenvalue weighted by atomic mass is 32.2. The number of rotatable bonds is 4. The molecule has 0 radical (unpaired) electrons. The number of aryl methyl sites for hydroxylation is 1. The Morgan fingerprint density at radius 1 is 1.17 bits per heavy atom. The first-order valence-electron chi connectivity index (χ1n) is 8.90. The van der Waals surface area contributed by atoms with Gasteiger partial charge in [0, 0.05) is 25.5 Å². The number of sulfonamides is 1. The lowest BCUT2D eigenvalue weighted by Gasteiger charge is -2.26. The maximum Gasteiger partial charge on any atom is 0.416 e. The van der Waals surface area contributed by atoms with E-state index in [-0.39, 0.29) is 17.3 Å². The van der Waals surface area contributed by atoms with Gasteiger partial charge in [0.15, 0.2) is 4.90 Å². The van der Waals surface area contributed by atoms with Crippen molar-refractivity contribution in [2.45, 2.75) is 17.0 Å². The highest BCUT2D eigenvalue weighted by Crippen LogP contribution is 2.40. The minimum Gasteiger partial charge on any atom is -0.274 e. The molecule has 0 fully saturated rings. The molecule has 2 aromatic heterocycles. The maximum atomic E-state index is 13.6. The van der Waals surface area contributed by atoms with E-state index in [1.54, 1.807) is 19.2 Å². The van der Waals surface area contributed by atoms with Crippen LogP contribution in [0.3, 0.4) is 0 Å². The molecule has 0 aliphatic carbocycles. The third-order valence-corrected chi connectivity index (χ3v) is 6.94. The van der Waals surface area contributed by atoms with Crippen molar-refractivity contribution < 1.29 is 21.6 Å². The van der Waals surface area contributed by atoms with Crippen LogP contribution in [0.5, 0.6) is 0 Å². The van der Waals surface area contributed by atoms with Crippen molar-refractivity contribution in [3.05, 3.63) is 72.2 Å². The molecule has 1 aromatic carbocycles. The summed E-state index contributed by atoms with van der Waals surface area (Å²) in [5.74, 6) is -0.752. The van der Waals surface area contributed by atoms with Gasteiger partial charge in [0.25, 0.3) is 5.82 Å². The monoisotopic (exact) mass is 436 g/mol. The molecular weight excluding hydrogens is 419 g/mol. The summed E-state index contributed by atoms with van der Waals surface area (Å²) in [7, 11) is -2.76. The number of pyridine rings is 1. The molecule has 0 saturated heterocycles. The van der Waals surface area contributed by atoms with Crippen LogP contribution in [0.25, 0.3) is 0 Å². The summed E-state index contributed by atoms with van der Waals surface area (Å²) in [6.07, 6.45) is 0.179. The minimum absolute atomic E-state index is 0.129. The largest absolute Gasteiger partial charge is 0.416 e. The first-order valence-corrected chi connectivity index (χ1v) is 10.3. The van der Waals surface area contributed by atoms with Crippen LogP contribution >= 0.6 is 0 Å². The van der Waals surface area contributed by atoms with Gasteiger partial charge in [0.1, 0.15) is 6.54 Å². The fraction of sp³-hybridized carbons (Fsp3) is 0.211. The Kier molecular flexibility index (Phi) is 4.74. The van der Waals surface area contributed by atoms with Crippen molar-refractivity contribution in [3.63, 3.8) is 0 Å². The van der Waals surface area contributed by atoms with E-state index in [2.05, 4.69) is 15.2 Å². The van der Waals surface area contributed by atoms with Crippen molar-refractivity contribution in [1.82, 2.24) is 18.8 Å². The van der Waals surface area contributed by atoms with E-state index in [4.69, 9.17) is 0 Å². The van der Waals surface area contributed by atoms with Crippen LogP contribution in [-0.2, 0) is 23.2 Å². The molecule has 11 heteroatoms. The lowest BCUT2D eigenvalue weighted by atomic mass is 10.0. The van der Waals surface area contributed by atoms with E-state index < -0.39 is 31.7 Å². The molecule has 1 aliphatic rings. The van der Waals surface area contributed by atoms with E-state index in [1.807, 2.05) is 18.2 Å². The second kappa shape index (κ2) is 7.03. The Morgan fingerprint density at radius 3 is 2.53 bits per heavy atom. The molecule has 0 spiro atoms. The van der Waals surface area contributed by atoms with Gasteiger partial charge in [-0.1, -0.05) is 35.4 Å². The molecule has 3 aromatic rings. The van der Waals surface area contributed by atoms with E-state index in [0.717, 1.165) is 30.1 Å². The highest BCUT2D eigenvalue weighted by Gasteiger charge is 2.53. The van der Waals surface area contributed by atoms with Crippen LogP contribution in [0.1, 0.15) is 17.0 Å². The number of nitrogens with zero attached hydrogens (tertiary/aromatic N) is 5. The SMILES string of the molecule is Cn1cc(S(=O)(=O)[N+]2(c3cc(C(F)(F)F)ccn3)CC(c3ccccc3)C=N2)cn1. The van der Waals surface area contributed by atoms with Crippen molar-refractivity contribution in [3.8, 4) is 0 Å². The summed E-state index contributed by atoms with van der Waals surface area (Å²) in [6.45, 7) is -0.129. The van der Waals surface area contributed by atoms with E-state index in [0.29, 0.717) is 0 Å². The van der Waals surface area contributed by atoms with Gasteiger partial charge in [-0.3, -0.25) is 4.68 Å². The zero-order valence-electron chi connectivity index (χ0n) is 15.7. The average Bonchev–Trinajstić information content (AvgIpc) is 3.36. The third kappa shape index (κ3) is 3.29. The normalized spacial score (nSPS) is 21.8. The molecule has 2 unspecified atom stereocenters. The topological polar surface area (TPSA) is 77.2 Å². The summed E-state index contributed by atoms with van der Waals surface area (Å²) in [6, 6.07) is 10.6. The first-order chi connectivity index (χ1) is 14.1. The zero-order valence-corrected chi connectivity index (χ0v) is 16.5. The molecule has 0 bridgehead atoms. The van der Waals surface area contributed by atoms with Crippen LogP contribution < -0.4 is 4.00 Å². The number of benzene rings is 1. The van der Waals surface area contributed by atoms with E-state index in [9.17, 15) is 21.6 Å². The van der Waals surface area contributed by atoms with Gasteiger partial charge in [-0.05, 0) is 15.6 Å². The third-order valence-electron chi connectivity index (χ3n) is 4.91. The van der Waals surface area contributed by atoms with Crippen LogP contribution in [0, 0.1) is 0 Å². The van der Waals surface area contributed by atoms with Crippen molar-refractivity contribution in [1.29, 1.82) is 0 Å². The predicted molar refractivity (Wildman–Crippen MR) is 104 cm³/mol. The second-order valence-corrected chi connectivity index (χ2v) is 8.92. The maximum absolute atomic E-state index is 13.6. The molecule has 0 saturated carbocycles. The smallest absolute Gasteiger partial charge is 0.274 e. The molecule has 30 heavy (non-hydrogen) atoms. The summed E-state index contributed by atoms with van der Waals surface area (Å²) >= 11 is 0. The van der Waals surface area contributed by atoms with Crippen LogP contribution in [-0.4, -0.2) is 35.9 Å². The number of aromatic nitrogens is 3. The quantitative estimate of drug-likeness (QED) is 0.588. The predicted octanol–water partition coefficient (Wildman–Crippen LogP) is 3.31. The van der Waals surface area contributed by atoms with Gasteiger partial charge in [-0.25, -0.2) is 4.98 Å². The van der Waals surface area contributed by atoms with Crippen molar-refractivity contribution in [2.75, 3.05) is 6.54 Å². The zero-order chi connectivity index (χ0) is 21.6. The molecule has 2 atom stereocenters. The van der Waals surface area contributed by atoms with Gasteiger partial charge < -0.3 is 0 Å². The fourth-order valence-electron chi connectivity index (χ4n) is 3.37. The average molecular weight is 436 g/mol. The van der Waals surface area contributed by atoms with Gasteiger partial charge in [0.05, 0.1) is 23.9 Å². The number of hydrogen-bond donors (Lipinski definition) is 0. The summed E-state index contributed by atoms with van der Waals surface area (Å²) in [4.78, 5) is 3.83. The Hall–Kier alpha value is -3.05. The van der Waals surface area contributed by atoms with Gasteiger partial charge >= 0.3 is 16.2 Å². The standard InChI is InChI=1S/C19H17F3N5O2S/c1-26-12-17(11-24-26)30(28,29)27(18-9-16(7-8-23-18)19(20,21)22)13-15(10-25-27)14-5-3-2-4-6-14/h2-12,15H,13H2,1H3/q+1. The van der Waals surface area contributed by atoms with E-state index >= 15 is 0 Å². The highest BCUT2D eigenvalue weighted by molar-refractivity contribution is 7.91. The summed E-state index contributed by atoms with van der Waals surface area (Å²) in [5, 5.41) is 8.12. The Labute approximate surface area is 170 Å². The molecule has 156 valence electrons. The molecule has 7 nitrogen and oxygen atoms in total.